The van der Waals surface area contributed by atoms with Gasteiger partial charge in [-0.25, -0.2) is 0 Å². The molecule has 0 unspecified atom stereocenters. The Balaban J connectivity index is 2.65. The summed E-state index contributed by atoms with van der Waals surface area (Å²) in [7, 11) is 0. The van der Waals surface area contributed by atoms with Crippen molar-refractivity contribution in [2.75, 3.05) is 11.9 Å². The van der Waals surface area contributed by atoms with E-state index in [4.69, 9.17) is 5.26 Å². The number of rotatable bonds is 4. The number of hydrogen-bond acceptors (Lipinski definition) is 2. The molecule has 0 atom stereocenters. The van der Waals surface area contributed by atoms with Gasteiger partial charge in [0.2, 0.25) is 0 Å². The first-order valence-corrected chi connectivity index (χ1v) is 5.82. The minimum atomic E-state index is 0.613. The Morgan fingerprint density at radius 1 is 1.33 bits per heavy atom. The molecule has 0 bridgehead atoms. The normalized spacial score (nSPS) is 9.73. The van der Waals surface area contributed by atoms with Gasteiger partial charge in [-0.05, 0) is 43.5 Å². The Bertz CT molecular complexity index is 357. The molecular weight excluding hydrogens is 252 g/mol. The highest BCUT2D eigenvalue weighted by atomic mass is 79.9. The van der Waals surface area contributed by atoms with Crippen LogP contribution in [0, 0.1) is 25.2 Å². The van der Waals surface area contributed by atoms with Gasteiger partial charge in [0.25, 0.3) is 0 Å². The Labute approximate surface area is 99.4 Å². The zero-order valence-electron chi connectivity index (χ0n) is 9.10. The highest BCUT2D eigenvalue weighted by Crippen LogP contribution is 2.24. The molecule has 0 aliphatic carbocycles. The Kier molecular flexibility index (Phi) is 4.64. The van der Waals surface area contributed by atoms with Gasteiger partial charge in [-0.2, -0.15) is 5.26 Å². The number of hydrogen-bond donors (Lipinski definition) is 1. The van der Waals surface area contributed by atoms with E-state index >= 15 is 0 Å². The van der Waals surface area contributed by atoms with Gasteiger partial charge in [-0.1, -0.05) is 15.9 Å². The van der Waals surface area contributed by atoms with E-state index in [1.54, 1.807) is 0 Å². The van der Waals surface area contributed by atoms with Crippen molar-refractivity contribution in [2.45, 2.75) is 26.7 Å². The second-order valence-corrected chi connectivity index (χ2v) is 4.52. The third-order valence-electron chi connectivity index (χ3n) is 2.26. The number of benzene rings is 1. The van der Waals surface area contributed by atoms with Crippen LogP contribution in [-0.4, -0.2) is 6.54 Å². The van der Waals surface area contributed by atoms with Crippen LogP contribution in [0.15, 0.2) is 16.6 Å². The number of halogens is 1. The lowest BCUT2D eigenvalue weighted by molar-refractivity contribution is 0.895. The summed E-state index contributed by atoms with van der Waals surface area (Å²) in [4.78, 5) is 0. The second-order valence-electron chi connectivity index (χ2n) is 3.60. The first-order chi connectivity index (χ1) is 7.15. The fourth-order valence-electron chi connectivity index (χ4n) is 1.57. The lowest BCUT2D eigenvalue weighted by Crippen LogP contribution is -2.04. The van der Waals surface area contributed by atoms with Crippen LogP contribution >= 0.6 is 15.9 Å². The van der Waals surface area contributed by atoms with E-state index in [0.29, 0.717) is 6.42 Å². The van der Waals surface area contributed by atoms with Crippen LogP contribution in [0.3, 0.4) is 0 Å². The third-order valence-corrected chi connectivity index (χ3v) is 2.72. The van der Waals surface area contributed by atoms with Crippen molar-refractivity contribution < 1.29 is 0 Å². The van der Waals surface area contributed by atoms with Crippen LogP contribution < -0.4 is 5.32 Å². The maximum absolute atomic E-state index is 8.43. The van der Waals surface area contributed by atoms with Gasteiger partial charge in [-0.15, -0.1) is 0 Å². The van der Waals surface area contributed by atoms with E-state index < -0.39 is 0 Å². The van der Waals surface area contributed by atoms with Gasteiger partial charge in [0.15, 0.2) is 0 Å². The highest BCUT2D eigenvalue weighted by Gasteiger charge is 2.02. The molecule has 0 heterocycles. The minimum absolute atomic E-state index is 0.613. The largest absolute Gasteiger partial charge is 0.385 e. The van der Waals surface area contributed by atoms with Crippen molar-refractivity contribution in [2.24, 2.45) is 0 Å². The van der Waals surface area contributed by atoms with Crippen molar-refractivity contribution in [3.63, 3.8) is 0 Å². The highest BCUT2D eigenvalue weighted by molar-refractivity contribution is 9.10. The smallest absolute Gasteiger partial charge is 0.0622 e. The molecule has 0 saturated carbocycles. The molecule has 0 amide bonds. The molecule has 1 rings (SSSR count). The van der Waals surface area contributed by atoms with Crippen LogP contribution in [0.5, 0.6) is 0 Å². The number of unbranched alkanes of at least 4 members (excludes halogenated alkanes) is 1. The monoisotopic (exact) mass is 266 g/mol. The molecule has 0 radical (unpaired) electrons. The van der Waals surface area contributed by atoms with E-state index in [2.05, 4.69) is 53.3 Å². The van der Waals surface area contributed by atoms with Crippen molar-refractivity contribution in [3.05, 3.63) is 27.7 Å². The van der Waals surface area contributed by atoms with Crippen molar-refractivity contribution in [3.8, 4) is 6.07 Å². The van der Waals surface area contributed by atoms with E-state index in [9.17, 15) is 0 Å². The van der Waals surface area contributed by atoms with Crippen LogP contribution in [-0.2, 0) is 0 Å². The fourth-order valence-corrected chi connectivity index (χ4v) is 2.26. The van der Waals surface area contributed by atoms with E-state index in [1.165, 1.54) is 16.8 Å². The molecule has 0 fully saturated rings. The Morgan fingerprint density at radius 2 is 1.93 bits per heavy atom. The van der Waals surface area contributed by atoms with Gasteiger partial charge in [-0.3, -0.25) is 0 Å². The van der Waals surface area contributed by atoms with Crippen molar-refractivity contribution in [1.82, 2.24) is 0 Å². The number of nitriles is 1. The number of aryl methyl sites for hydroxylation is 2. The van der Waals surface area contributed by atoms with Gasteiger partial charge >= 0.3 is 0 Å². The van der Waals surface area contributed by atoms with Crippen LogP contribution in [0.25, 0.3) is 0 Å². The molecule has 0 saturated heterocycles. The predicted octanol–water partition coefficient (Wildman–Crippen LogP) is 3.78. The van der Waals surface area contributed by atoms with Crippen molar-refractivity contribution in [1.29, 1.82) is 5.26 Å². The quantitative estimate of drug-likeness (QED) is 0.842. The lowest BCUT2D eigenvalue weighted by Gasteiger charge is -2.12. The number of nitrogens with zero attached hydrogens (tertiary/aromatic N) is 1. The minimum Gasteiger partial charge on any atom is -0.385 e. The average Bonchev–Trinajstić information content (AvgIpc) is 2.15. The topological polar surface area (TPSA) is 35.8 Å². The van der Waals surface area contributed by atoms with E-state index in [0.717, 1.165) is 17.4 Å². The molecule has 1 N–H and O–H groups in total. The van der Waals surface area contributed by atoms with Crippen LogP contribution in [0.2, 0.25) is 0 Å². The molecule has 0 aliphatic rings. The van der Waals surface area contributed by atoms with Crippen LogP contribution in [0.4, 0.5) is 5.69 Å². The molecule has 0 aromatic heterocycles. The summed E-state index contributed by atoms with van der Waals surface area (Å²) in [6, 6.07) is 6.34. The van der Waals surface area contributed by atoms with Crippen molar-refractivity contribution >= 4 is 21.6 Å². The zero-order valence-corrected chi connectivity index (χ0v) is 10.7. The molecule has 80 valence electrons. The number of nitrogens with one attached hydrogen (secondary N) is 1. The van der Waals surface area contributed by atoms with Gasteiger partial charge < -0.3 is 5.32 Å². The van der Waals surface area contributed by atoms with Gasteiger partial charge in [0.1, 0.15) is 0 Å². The number of anilines is 1. The SMILES string of the molecule is Cc1cc(Br)cc(C)c1NCCCC#N. The molecule has 1 aromatic carbocycles. The molecule has 2 nitrogen and oxygen atoms in total. The first-order valence-electron chi connectivity index (χ1n) is 5.02. The maximum atomic E-state index is 8.43. The Hall–Kier alpha value is -1.01. The predicted molar refractivity (Wildman–Crippen MR) is 67.0 cm³/mol. The molecule has 3 heteroatoms. The molecule has 1 aromatic rings. The summed E-state index contributed by atoms with van der Waals surface area (Å²) in [6.07, 6.45) is 1.51. The summed E-state index contributed by atoms with van der Waals surface area (Å²) in [5.74, 6) is 0. The lowest BCUT2D eigenvalue weighted by atomic mass is 10.1. The summed E-state index contributed by atoms with van der Waals surface area (Å²) >= 11 is 3.47. The molecule has 15 heavy (non-hydrogen) atoms. The van der Waals surface area contributed by atoms with Gasteiger partial charge in [0, 0.05) is 23.1 Å². The average molecular weight is 267 g/mol. The summed E-state index contributed by atoms with van der Waals surface area (Å²) < 4.78 is 1.11. The van der Waals surface area contributed by atoms with E-state index in [1.807, 2.05) is 0 Å². The van der Waals surface area contributed by atoms with Crippen LogP contribution in [0.1, 0.15) is 24.0 Å². The molecule has 0 aliphatic heterocycles. The summed E-state index contributed by atoms with van der Waals surface area (Å²) in [5, 5.41) is 11.8. The summed E-state index contributed by atoms with van der Waals surface area (Å²) in [6.45, 7) is 5.03. The second kappa shape index (κ2) is 5.77. The maximum Gasteiger partial charge on any atom is 0.0622 e. The first kappa shape index (κ1) is 12.1. The Morgan fingerprint density at radius 3 is 2.47 bits per heavy atom. The van der Waals surface area contributed by atoms with E-state index in [-0.39, 0.29) is 0 Å². The van der Waals surface area contributed by atoms with Gasteiger partial charge in [0.05, 0.1) is 6.07 Å². The molecular formula is C12H15BrN2. The molecule has 0 spiro atoms. The third kappa shape index (κ3) is 3.56. The zero-order chi connectivity index (χ0) is 11.3. The fraction of sp³-hybridized carbons (Fsp3) is 0.417. The summed E-state index contributed by atoms with van der Waals surface area (Å²) in [5.41, 5.74) is 3.66. The standard InChI is InChI=1S/C12H15BrN2/c1-9-7-11(13)8-10(2)12(9)15-6-4-3-5-14/h7-8,15H,3-4,6H2,1-2H3.